The smallest absolute Gasteiger partial charge is 0.480 e. The number of carboxylic acids is 1. The second-order valence-electron chi connectivity index (χ2n) is 4.05. The van der Waals surface area contributed by atoms with Gasteiger partial charge in [-0.15, -0.1) is 13.2 Å². The maximum atomic E-state index is 12.4. The van der Waals surface area contributed by atoms with Crippen LogP contribution in [0.2, 0.25) is 0 Å². The van der Waals surface area contributed by atoms with E-state index in [0.717, 1.165) is 6.07 Å². The molecule has 1 atom stereocenters. The lowest BCUT2D eigenvalue weighted by molar-refractivity contribution is -0.275. The fourth-order valence-corrected chi connectivity index (χ4v) is 2.00. The van der Waals surface area contributed by atoms with Crippen molar-refractivity contribution in [1.82, 2.24) is 4.90 Å². The Bertz CT molecular complexity index is 458. The number of para-hydroxylation sites is 1. The van der Waals surface area contributed by atoms with Gasteiger partial charge in [0.15, 0.2) is 0 Å². The van der Waals surface area contributed by atoms with E-state index in [1.165, 1.54) is 18.2 Å². The molecule has 1 unspecified atom stereocenters. The number of benzene rings is 1. The molecule has 1 aromatic carbocycles. The molecule has 0 saturated carbocycles. The lowest BCUT2D eigenvalue weighted by atomic mass is 10.0. The summed E-state index contributed by atoms with van der Waals surface area (Å²) in [5.41, 5.74) is -0.0129. The zero-order valence-corrected chi connectivity index (χ0v) is 11.1. The van der Waals surface area contributed by atoms with Crippen molar-refractivity contribution >= 4 is 5.97 Å². The topological polar surface area (TPSA) is 49.8 Å². The number of rotatable bonds is 6. The van der Waals surface area contributed by atoms with Gasteiger partial charge in [0.05, 0.1) is 0 Å². The SMILES string of the molecule is CCN(CC)C(C(=O)O)c1ccccc1OC(F)(F)F. The first-order valence-corrected chi connectivity index (χ1v) is 6.11. The highest BCUT2D eigenvalue weighted by molar-refractivity contribution is 5.76. The Hall–Kier alpha value is -1.76. The molecular weight excluding hydrogens is 275 g/mol. The zero-order valence-electron chi connectivity index (χ0n) is 11.1. The quantitative estimate of drug-likeness (QED) is 0.875. The van der Waals surface area contributed by atoms with Gasteiger partial charge in [-0.1, -0.05) is 32.0 Å². The summed E-state index contributed by atoms with van der Waals surface area (Å²) < 4.78 is 41.0. The molecule has 20 heavy (non-hydrogen) atoms. The average molecular weight is 291 g/mol. The van der Waals surface area contributed by atoms with Gasteiger partial charge in [-0.2, -0.15) is 0 Å². The van der Waals surface area contributed by atoms with Crippen molar-refractivity contribution in [2.24, 2.45) is 0 Å². The van der Waals surface area contributed by atoms with Gasteiger partial charge < -0.3 is 9.84 Å². The molecule has 1 aromatic rings. The Morgan fingerprint density at radius 2 is 1.85 bits per heavy atom. The number of likely N-dealkylation sites (N-methyl/N-ethyl adjacent to an activating group) is 1. The average Bonchev–Trinajstić information content (AvgIpc) is 2.34. The van der Waals surface area contributed by atoms with E-state index >= 15 is 0 Å². The lowest BCUT2D eigenvalue weighted by Crippen LogP contribution is -2.34. The first kappa shape index (κ1) is 16.3. The van der Waals surface area contributed by atoms with E-state index in [1.807, 2.05) is 0 Å². The predicted octanol–water partition coefficient (Wildman–Crippen LogP) is 3.05. The van der Waals surface area contributed by atoms with Crippen LogP contribution in [0.3, 0.4) is 0 Å². The summed E-state index contributed by atoms with van der Waals surface area (Å²) >= 11 is 0. The van der Waals surface area contributed by atoms with Crippen LogP contribution in [-0.4, -0.2) is 35.4 Å². The number of aliphatic carboxylic acids is 1. The highest BCUT2D eigenvalue weighted by atomic mass is 19.4. The van der Waals surface area contributed by atoms with Crippen LogP contribution in [0.5, 0.6) is 5.75 Å². The predicted molar refractivity (Wildman–Crippen MR) is 66.4 cm³/mol. The van der Waals surface area contributed by atoms with Crippen LogP contribution in [0.15, 0.2) is 24.3 Å². The van der Waals surface area contributed by atoms with Crippen LogP contribution >= 0.6 is 0 Å². The number of halogens is 3. The molecule has 4 nitrogen and oxygen atoms in total. The molecule has 0 bridgehead atoms. The molecular formula is C13H16F3NO3. The highest BCUT2D eigenvalue weighted by Crippen LogP contribution is 2.33. The van der Waals surface area contributed by atoms with Gasteiger partial charge in [-0.3, -0.25) is 9.69 Å². The number of nitrogens with zero attached hydrogens (tertiary/aromatic N) is 1. The largest absolute Gasteiger partial charge is 0.573 e. The monoisotopic (exact) mass is 291 g/mol. The van der Waals surface area contributed by atoms with Gasteiger partial charge in [0, 0.05) is 5.56 Å². The van der Waals surface area contributed by atoms with Crippen molar-refractivity contribution in [3.8, 4) is 5.75 Å². The van der Waals surface area contributed by atoms with Crippen LogP contribution in [0, 0.1) is 0 Å². The number of ether oxygens (including phenoxy) is 1. The third-order valence-electron chi connectivity index (χ3n) is 2.85. The van der Waals surface area contributed by atoms with E-state index in [0.29, 0.717) is 13.1 Å². The molecule has 0 aliphatic carbocycles. The zero-order chi connectivity index (χ0) is 15.3. The van der Waals surface area contributed by atoms with Gasteiger partial charge >= 0.3 is 12.3 Å². The molecule has 0 heterocycles. The summed E-state index contributed by atoms with van der Waals surface area (Å²) in [6.45, 7) is 4.28. The van der Waals surface area contributed by atoms with Crippen molar-refractivity contribution in [3.63, 3.8) is 0 Å². The number of carboxylic acid groups (broad SMARTS) is 1. The summed E-state index contributed by atoms with van der Waals surface area (Å²) in [5, 5.41) is 9.30. The summed E-state index contributed by atoms with van der Waals surface area (Å²) in [6, 6.07) is 4.12. The van der Waals surface area contributed by atoms with Crippen molar-refractivity contribution < 1.29 is 27.8 Å². The maximum absolute atomic E-state index is 12.4. The second kappa shape index (κ2) is 6.60. The normalized spacial score (nSPS) is 13.3. The second-order valence-corrected chi connectivity index (χ2v) is 4.05. The van der Waals surface area contributed by atoms with E-state index in [-0.39, 0.29) is 5.56 Å². The molecule has 112 valence electrons. The summed E-state index contributed by atoms with van der Waals surface area (Å²) in [6.07, 6.45) is -4.86. The highest BCUT2D eigenvalue weighted by Gasteiger charge is 2.35. The molecule has 0 radical (unpaired) electrons. The number of hydrogen-bond acceptors (Lipinski definition) is 3. The van der Waals surface area contributed by atoms with Crippen LogP contribution < -0.4 is 4.74 Å². The number of hydrogen-bond donors (Lipinski definition) is 1. The Kier molecular flexibility index (Phi) is 5.38. The van der Waals surface area contributed by atoms with Crippen LogP contribution in [0.1, 0.15) is 25.5 Å². The minimum Gasteiger partial charge on any atom is -0.480 e. The number of carbonyl (C=O) groups is 1. The van der Waals surface area contributed by atoms with Gasteiger partial charge in [-0.05, 0) is 19.2 Å². The standard InChI is InChI=1S/C13H16F3NO3/c1-3-17(4-2)11(12(18)19)9-7-5-6-8-10(9)20-13(14,15)16/h5-8,11H,3-4H2,1-2H3,(H,18,19). The molecule has 1 rings (SSSR count). The van der Waals surface area contributed by atoms with Gasteiger partial charge in [-0.25, -0.2) is 0 Å². The molecule has 0 spiro atoms. The molecule has 0 aliphatic rings. The van der Waals surface area contributed by atoms with E-state index in [4.69, 9.17) is 0 Å². The van der Waals surface area contributed by atoms with E-state index < -0.39 is 24.1 Å². The lowest BCUT2D eigenvalue weighted by Gasteiger charge is -2.27. The Balaban J connectivity index is 3.23. The third kappa shape index (κ3) is 4.12. The van der Waals surface area contributed by atoms with Crippen LogP contribution in [-0.2, 0) is 4.79 Å². The first-order chi connectivity index (χ1) is 9.30. The maximum Gasteiger partial charge on any atom is 0.573 e. The van der Waals surface area contributed by atoms with Gasteiger partial charge in [0.1, 0.15) is 11.8 Å². The Labute approximate surface area is 114 Å². The van der Waals surface area contributed by atoms with Gasteiger partial charge in [0.2, 0.25) is 0 Å². The minimum absolute atomic E-state index is 0.0129. The molecule has 7 heteroatoms. The fourth-order valence-electron chi connectivity index (χ4n) is 2.00. The minimum atomic E-state index is -4.86. The van der Waals surface area contributed by atoms with Crippen LogP contribution in [0.25, 0.3) is 0 Å². The first-order valence-electron chi connectivity index (χ1n) is 6.11. The summed E-state index contributed by atoms with van der Waals surface area (Å²) in [7, 11) is 0. The molecule has 0 aromatic heterocycles. The molecule has 0 amide bonds. The van der Waals surface area contributed by atoms with Crippen molar-refractivity contribution in [3.05, 3.63) is 29.8 Å². The van der Waals surface area contributed by atoms with Crippen molar-refractivity contribution in [1.29, 1.82) is 0 Å². The Morgan fingerprint density at radius 1 is 1.30 bits per heavy atom. The summed E-state index contributed by atoms with van der Waals surface area (Å²) in [4.78, 5) is 12.9. The number of alkyl halides is 3. The van der Waals surface area contributed by atoms with E-state index in [1.54, 1.807) is 18.7 Å². The molecule has 0 fully saturated rings. The van der Waals surface area contributed by atoms with Crippen LogP contribution in [0.4, 0.5) is 13.2 Å². The van der Waals surface area contributed by atoms with Gasteiger partial charge in [0.25, 0.3) is 0 Å². The van der Waals surface area contributed by atoms with E-state index in [9.17, 15) is 23.1 Å². The molecule has 0 aliphatic heterocycles. The van der Waals surface area contributed by atoms with Crippen molar-refractivity contribution in [2.75, 3.05) is 13.1 Å². The molecule has 1 N–H and O–H groups in total. The van der Waals surface area contributed by atoms with E-state index in [2.05, 4.69) is 4.74 Å². The third-order valence-corrected chi connectivity index (χ3v) is 2.85. The Morgan fingerprint density at radius 3 is 2.30 bits per heavy atom. The fraction of sp³-hybridized carbons (Fsp3) is 0.462. The molecule has 0 saturated heterocycles. The van der Waals surface area contributed by atoms with Crippen molar-refractivity contribution in [2.45, 2.75) is 26.3 Å². The summed E-state index contributed by atoms with van der Waals surface area (Å²) in [5.74, 6) is -1.70.